The Morgan fingerprint density at radius 2 is 2.00 bits per heavy atom. The van der Waals surface area contributed by atoms with Crippen molar-refractivity contribution in [1.29, 1.82) is 0 Å². The van der Waals surface area contributed by atoms with Gasteiger partial charge < -0.3 is 10.3 Å². The molecule has 0 saturated carbocycles. The molecule has 0 bridgehead atoms. The molecule has 1 amide bonds. The van der Waals surface area contributed by atoms with Crippen molar-refractivity contribution in [3.8, 4) is 0 Å². The molecule has 4 nitrogen and oxygen atoms in total. The molecule has 1 aromatic carbocycles. The summed E-state index contributed by atoms with van der Waals surface area (Å²) >= 11 is 0. The summed E-state index contributed by atoms with van der Waals surface area (Å²) in [6.07, 6.45) is -4.58. The molecule has 0 unspecified atom stereocenters. The van der Waals surface area contributed by atoms with Gasteiger partial charge in [-0.3, -0.25) is 10.6 Å². The summed E-state index contributed by atoms with van der Waals surface area (Å²) < 4.78 is 38.9. The SMILES string of the molecule is CCN(CC(C)C)C(=O)c1ccc(NN)c(C(F)(F)F)c1. The highest BCUT2D eigenvalue weighted by molar-refractivity contribution is 5.95. The molecule has 21 heavy (non-hydrogen) atoms. The second kappa shape index (κ2) is 6.80. The Labute approximate surface area is 122 Å². The van der Waals surface area contributed by atoms with Crippen LogP contribution in [0.5, 0.6) is 0 Å². The molecule has 3 N–H and O–H groups in total. The standard InChI is InChI=1S/C14H20F3N3O/c1-4-20(8-9(2)3)13(21)10-5-6-12(19-18)11(7-10)14(15,16)17/h5-7,9,19H,4,8,18H2,1-3H3. The zero-order chi connectivity index (χ0) is 16.2. The molecule has 0 spiro atoms. The number of nitrogens with two attached hydrogens (primary N) is 1. The van der Waals surface area contributed by atoms with Crippen LogP contribution in [-0.4, -0.2) is 23.9 Å². The molecule has 0 aliphatic rings. The number of hydrogen-bond donors (Lipinski definition) is 2. The van der Waals surface area contributed by atoms with Crippen LogP contribution in [0.2, 0.25) is 0 Å². The minimum Gasteiger partial charge on any atom is -0.339 e. The average molecular weight is 303 g/mol. The number of carbonyl (C=O) groups is 1. The van der Waals surface area contributed by atoms with Crippen LogP contribution < -0.4 is 11.3 Å². The highest BCUT2D eigenvalue weighted by Crippen LogP contribution is 2.35. The predicted molar refractivity (Wildman–Crippen MR) is 75.7 cm³/mol. The zero-order valence-electron chi connectivity index (χ0n) is 12.3. The van der Waals surface area contributed by atoms with E-state index in [0.29, 0.717) is 13.1 Å². The van der Waals surface area contributed by atoms with Crippen molar-refractivity contribution >= 4 is 11.6 Å². The van der Waals surface area contributed by atoms with Gasteiger partial charge in [0.2, 0.25) is 0 Å². The van der Waals surface area contributed by atoms with E-state index in [9.17, 15) is 18.0 Å². The number of benzene rings is 1. The van der Waals surface area contributed by atoms with Crippen LogP contribution in [0.15, 0.2) is 18.2 Å². The molecular weight excluding hydrogens is 283 g/mol. The molecule has 7 heteroatoms. The Morgan fingerprint density at radius 1 is 1.38 bits per heavy atom. The van der Waals surface area contributed by atoms with Crippen LogP contribution in [0, 0.1) is 5.92 Å². The average Bonchev–Trinajstić information content (AvgIpc) is 2.42. The van der Waals surface area contributed by atoms with E-state index in [1.165, 1.54) is 17.0 Å². The van der Waals surface area contributed by atoms with E-state index in [2.05, 4.69) is 0 Å². The number of carbonyl (C=O) groups excluding carboxylic acids is 1. The normalized spacial score (nSPS) is 11.6. The number of hydrazine groups is 1. The van der Waals surface area contributed by atoms with Crippen LogP contribution in [-0.2, 0) is 6.18 Å². The number of alkyl halides is 3. The van der Waals surface area contributed by atoms with E-state index in [4.69, 9.17) is 5.84 Å². The van der Waals surface area contributed by atoms with Crippen molar-refractivity contribution in [3.05, 3.63) is 29.3 Å². The summed E-state index contributed by atoms with van der Waals surface area (Å²) in [4.78, 5) is 13.8. The maximum absolute atomic E-state index is 13.0. The predicted octanol–water partition coefficient (Wildman–Crippen LogP) is 3.11. The summed E-state index contributed by atoms with van der Waals surface area (Å²) in [5.41, 5.74) is 0.796. The number of nitrogens with zero attached hydrogens (tertiary/aromatic N) is 1. The Kier molecular flexibility index (Phi) is 5.60. The Morgan fingerprint density at radius 3 is 2.43 bits per heavy atom. The van der Waals surface area contributed by atoms with E-state index in [1.807, 2.05) is 19.3 Å². The number of hydrogen-bond acceptors (Lipinski definition) is 3. The van der Waals surface area contributed by atoms with Crippen LogP contribution in [0.3, 0.4) is 0 Å². The highest BCUT2D eigenvalue weighted by atomic mass is 19.4. The quantitative estimate of drug-likeness (QED) is 0.649. The van der Waals surface area contributed by atoms with E-state index >= 15 is 0 Å². The van der Waals surface area contributed by atoms with Crippen molar-refractivity contribution in [1.82, 2.24) is 4.90 Å². The second-order valence-electron chi connectivity index (χ2n) is 5.14. The molecule has 0 heterocycles. The second-order valence-corrected chi connectivity index (χ2v) is 5.14. The van der Waals surface area contributed by atoms with Crippen LogP contribution in [0.25, 0.3) is 0 Å². The van der Waals surface area contributed by atoms with Crippen molar-refractivity contribution < 1.29 is 18.0 Å². The van der Waals surface area contributed by atoms with Gasteiger partial charge in [-0.1, -0.05) is 13.8 Å². The zero-order valence-corrected chi connectivity index (χ0v) is 12.3. The van der Waals surface area contributed by atoms with E-state index in [1.54, 1.807) is 6.92 Å². The first-order chi connectivity index (χ1) is 9.70. The van der Waals surface area contributed by atoms with E-state index in [0.717, 1.165) is 6.07 Å². The molecule has 0 aromatic heterocycles. The number of nitrogens with one attached hydrogen (secondary N) is 1. The fraction of sp³-hybridized carbons (Fsp3) is 0.500. The number of nitrogen functional groups attached to an aromatic ring is 1. The topological polar surface area (TPSA) is 58.4 Å². The van der Waals surface area contributed by atoms with Gasteiger partial charge in [-0.15, -0.1) is 0 Å². The Hall–Kier alpha value is -1.76. The third-order valence-corrected chi connectivity index (χ3v) is 2.98. The fourth-order valence-corrected chi connectivity index (χ4v) is 2.02. The molecule has 0 aliphatic carbocycles. The molecule has 1 rings (SSSR count). The van der Waals surface area contributed by atoms with Gasteiger partial charge in [0.1, 0.15) is 0 Å². The minimum absolute atomic E-state index is 0.00354. The lowest BCUT2D eigenvalue weighted by molar-refractivity contribution is -0.137. The van der Waals surface area contributed by atoms with E-state index in [-0.39, 0.29) is 17.2 Å². The molecule has 0 radical (unpaired) electrons. The molecule has 0 saturated heterocycles. The molecule has 0 atom stereocenters. The van der Waals surface area contributed by atoms with Gasteiger partial charge in [0.25, 0.3) is 5.91 Å². The van der Waals surface area contributed by atoms with Gasteiger partial charge in [0.05, 0.1) is 11.3 Å². The van der Waals surface area contributed by atoms with Gasteiger partial charge >= 0.3 is 6.18 Å². The number of rotatable bonds is 5. The molecule has 1 aromatic rings. The van der Waals surface area contributed by atoms with Gasteiger partial charge in [-0.2, -0.15) is 13.2 Å². The number of amides is 1. The molecule has 0 aliphatic heterocycles. The lowest BCUT2D eigenvalue weighted by Crippen LogP contribution is -2.34. The monoisotopic (exact) mass is 303 g/mol. The molecule has 118 valence electrons. The summed E-state index contributed by atoms with van der Waals surface area (Å²) in [6, 6.07) is 3.34. The number of halogens is 3. The van der Waals surface area contributed by atoms with Gasteiger partial charge in [-0.25, -0.2) is 0 Å². The fourth-order valence-electron chi connectivity index (χ4n) is 2.02. The first-order valence-corrected chi connectivity index (χ1v) is 6.67. The molecule has 0 fully saturated rings. The van der Waals surface area contributed by atoms with Crippen molar-refractivity contribution in [2.24, 2.45) is 11.8 Å². The van der Waals surface area contributed by atoms with Crippen LogP contribution in [0.1, 0.15) is 36.7 Å². The summed E-state index contributed by atoms with van der Waals surface area (Å²) in [5, 5.41) is 0. The summed E-state index contributed by atoms with van der Waals surface area (Å²) in [7, 11) is 0. The van der Waals surface area contributed by atoms with E-state index < -0.39 is 17.6 Å². The summed E-state index contributed by atoms with van der Waals surface area (Å²) in [5.74, 6) is 4.90. The van der Waals surface area contributed by atoms with Crippen molar-refractivity contribution in [2.75, 3.05) is 18.5 Å². The maximum atomic E-state index is 13.0. The van der Waals surface area contributed by atoms with Crippen molar-refractivity contribution in [3.63, 3.8) is 0 Å². The lowest BCUT2D eigenvalue weighted by atomic mass is 10.1. The minimum atomic E-state index is -4.58. The maximum Gasteiger partial charge on any atom is 0.418 e. The molecular formula is C14H20F3N3O. The first kappa shape index (κ1) is 17.3. The first-order valence-electron chi connectivity index (χ1n) is 6.67. The lowest BCUT2D eigenvalue weighted by Gasteiger charge is -2.23. The van der Waals surface area contributed by atoms with Crippen molar-refractivity contribution in [2.45, 2.75) is 26.9 Å². The largest absolute Gasteiger partial charge is 0.418 e. The Balaban J connectivity index is 3.16. The third-order valence-electron chi connectivity index (χ3n) is 2.98. The summed E-state index contributed by atoms with van der Waals surface area (Å²) in [6.45, 7) is 6.61. The van der Waals surface area contributed by atoms with Gasteiger partial charge in [0.15, 0.2) is 0 Å². The van der Waals surface area contributed by atoms with Crippen LogP contribution in [0.4, 0.5) is 18.9 Å². The van der Waals surface area contributed by atoms with Crippen LogP contribution >= 0.6 is 0 Å². The van der Waals surface area contributed by atoms with Gasteiger partial charge in [-0.05, 0) is 31.0 Å². The number of anilines is 1. The highest BCUT2D eigenvalue weighted by Gasteiger charge is 2.34. The van der Waals surface area contributed by atoms with Gasteiger partial charge in [0, 0.05) is 18.7 Å². The third kappa shape index (κ3) is 4.35. The Bertz CT molecular complexity index is 501. The smallest absolute Gasteiger partial charge is 0.339 e.